The van der Waals surface area contributed by atoms with E-state index in [0.717, 1.165) is 0 Å². The number of benzene rings is 1. The van der Waals surface area contributed by atoms with Gasteiger partial charge in [0, 0.05) is 18.0 Å². The van der Waals surface area contributed by atoms with Crippen LogP contribution in [0.1, 0.15) is 48.7 Å². The molecule has 0 saturated heterocycles. The van der Waals surface area contributed by atoms with Crippen LogP contribution >= 0.6 is 0 Å². The number of aliphatic hydroxyl groups is 3. The first kappa shape index (κ1) is 31.5. The van der Waals surface area contributed by atoms with E-state index < -0.39 is 88.1 Å². The summed E-state index contributed by atoms with van der Waals surface area (Å²) in [6.45, 7) is 4.17. The molecule has 0 saturated carbocycles. The van der Waals surface area contributed by atoms with Crippen molar-refractivity contribution >= 4 is 29.5 Å². The zero-order chi connectivity index (χ0) is 32.2. The number of Topliss-reactive ketones (excluding diaryl/α,β-unsaturated/α-hetero) is 2. The molecule has 1 aromatic carbocycles. The lowest BCUT2D eigenvalue weighted by Gasteiger charge is -2.50. The number of aliphatic hydroxyl groups excluding tert-OH is 2. The highest BCUT2D eigenvalue weighted by molar-refractivity contribution is 6.24. The smallest absolute Gasteiger partial charge is 0.410 e. The molecule has 0 spiro atoms. The summed E-state index contributed by atoms with van der Waals surface area (Å²) in [6, 6.07) is 1.61. The largest absolute Gasteiger partial charge is 0.510 e. The molecule has 43 heavy (non-hydrogen) atoms. The summed E-state index contributed by atoms with van der Waals surface area (Å²) >= 11 is 0. The number of fused-ring (bicyclic) bond motifs is 3. The van der Waals surface area contributed by atoms with Crippen molar-refractivity contribution < 1.29 is 53.9 Å². The fourth-order valence-corrected chi connectivity index (χ4v) is 6.05. The predicted octanol–water partition coefficient (Wildman–Crippen LogP) is 0.894. The van der Waals surface area contributed by atoms with E-state index in [1.165, 1.54) is 31.1 Å². The summed E-state index contributed by atoms with van der Waals surface area (Å²) in [5.74, 6) is -8.03. The zero-order valence-electron chi connectivity index (χ0n) is 24.4. The number of amides is 2. The van der Waals surface area contributed by atoms with Crippen molar-refractivity contribution in [1.82, 2.24) is 10.2 Å². The number of primary amides is 1. The number of carbonyl (C=O) groups is 5. The van der Waals surface area contributed by atoms with Crippen LogP contribution in [0, 0.1) is 17.3 Å². The molecule has 14 heteroatoms. The maximum Gasteiger partial charge on any atom is 0.410 e. The maximum atomic E-state index is 13.8. The van der Waals surface area contributed by atoms with Gasteiger partial charge in [0.05, 0.1) is 17.0 Å². The molecule has 4 atom stereocenters. The molecule has 0 heterocycles. The van der Waals surface area contributed by atoms with Crippen molar-refractivity contribution in [1.29, 1.82) is 0 Å². The minimum absolute atomic E-state index is 0.0538. The second-order valence-corrected chi connectivity index (χ2v) is 12.1. The third kappa shape index (κ3) is 5.20. The number of alkyl carbamates (subject to hydrolysis) is 1. The number of phenolic OH excluding ortho intramolecular Hbond substituents is 1. The minimum atomic E-state index is -2.74. The van der Waals surface area contributed by atoms with Gasteiger partial charge in [-0.25, -0.2) is 4.79 Å². The van der Waals surface area contributed by atoms with E-state index >= 15 is 0 Å². The molecule has 0 radical (unpaired) electrons. The predicted molar refractivity (Wildman–Crippen MR) is 147 cm³/mol. The number of carbonyl (C=O) groups excluding carboxylic acids is 5. The van der Waals surface area contributed by atoms with Gasteiger partial charge in [0.25, 0.3) is 5.91 Å². The number of esters is 1. The van der Waals surface area contributed by atoms with E-state index in [2.05, 4.69) is 5.32 Å². The van der Waals surface area contributed by atoms with Crippen LogP contribution in [0.5, 0.6) is 5.75 Å². The molecule has 1 aromatic rings. The number of rotatable bonds is 6. The number of aromatic hydroxyl groups is 1. The van der Waals surface area contributed by atoms with Crippen molar-refractivity contribution in [2.24, 2.45) is 23.0 Å². The molecular weight excluding hydrogens is 566 g/mol. The van der Waals surface area contributed by atoms with E-state index in [0.29, 0.717) is 11.1 Å². The lowest BCUT2D eigenvalue weighted by Crippen LogP contribution is -2.63. The quantitative estimate of drug-likeness (QED) is 0.152. The average Bonchev–Trinajstić information content (AvgIpc) is 2.89. The monoisotopic (exact) mass is 601 g/mol. The first-order valence-electron chi connectivity index (χ1n) is 13.5. The molecule has 3 aliphatic rings. The van der Waals surface area contributed by atoms with Gasteiger partial charge in [-0.15, -0.1) is 0 Å². The van der Waals surface area contributed by atoms with Crippen molar-refractivity contribution in [2.45, 2.75) is 51.8 Å². The topological polar surface area (TPSA) is 226 Å². The average molecular weight is 602 g/mol. The number of ketones is 2. The van der Waals surface area contributed by atoms with Crippen molar-refractivity contribution in [2.75, 3.05) is 20.9 Å². The van der Waals surface area contributed by atoms with Crippen molar-refractivity contribution in [3.8, 4) is 5.75 Å². The number of allylic oxidation sites excluding steroid dienone is 1. The Morgan fingerprint density at radius 3 is 2.35 bits per heavy atom. The minimum Gasteiger partial charge on any atom is -0.510 e. The molecule has 2 amide bonds. The second kappa shape index (κ2) is 11.0. The Morgan fingerprint density at radius 1 is 1.12 bits per heavy atom. The number of nitrogens with zero attached hydrogens (tertiary/aromatic N) is 1. The highest BCUT2D eigenvalue weighted by Crippen LogP contribution is 2.52. The number of hydrogen-bond acceptors (Lipinski definition) is 12. The molecule has 7 N–H and O–H groups in total. The highest BCUT2D eigenvalue weighted by atomic mass is 16.7. The fourth-order valence-electron chi connectivity index (χ4n) is 6.05. The lowest BCUT2D eigenvalue weighted by molar-refractivity contribution is -0.161. The van der Waals surface area contributed by atoms with Gasteiger partial charge in [0.2, 0.25) is 12.6 Å². The van der Waals surface area contributed by atoms with Crippen LogP contribution in [-0.2, 0) is 36.8 Å². The number of hydrogen-bond donors (Lipinski definition) is 6. The zero-order valence-corrected chi connectivity index (χ0v) is 24.4. The Labute approximate surface area is 246 Å². The number of nitrogens with two attached hydrogens (primary N) is 1. The number of likely N-dealkylation sites (N-methyl/N-ethyl adjacent to an activating group) is 1. The first-order chi connectivity index (χ1) is 19.9. The van der Waals surface area contributed by atoms with Gasteiger partial charge in [-0.1, -0.05) is 6.07 Å². The van der Waals surface area contributed by atoms with Crippen LogP contribution in [0.2, 0.25) is 0 Å². The molecule has 0 unspecified atom stereocenters. The summed E-state index contributed by atoms with van der Waals surface area (Å²) in [7, 11) is 3.08. The van der Waals surface area contributed by atoms with Crippen LogP contribution in [0.25, 0.3) is 0 Å². The molecule has 232 valence electrons. The number of phenols is 1. The molecule has 3 aliphatic carbocycles. The Balaban J connectivity index is 1.66. The number of nitrogens with one attached hydrogen (secondary N) is 1. The van der Waals surface area contributed by atoms with E-state index in [1.54, 1.807) is 20.8 Å². The van der Waals surface area contributed by atoms with E-state index in [4.69, 9.17) is 15.2 Å². The summed E-state index contributed by atoms with van der Waals surface area (Å²) in [4.78, 5) is 64.7. The van der Waals surface area contributed by atoms with Gasteiger partial charge in [0.1, 0.15) is 22.8 Å². The van der Waals surface area contributed by atoms with Crippen LogP contribution in [0.15, 0.2) is 34.8 Å². The Hall–Kier alpha value is -4.43. The van der Waals surface area contributed by atoms with Crippen LogP contribution < -0.4 is 11.1 Å². The Morgan fingerprint density at radius 2 is 1.77 bits per heavy atom. The van der Waals surface area contributed by atoms with Crippen LogP contribution in [0.4, 0.5) is 4.79 Å². The van der Waals surface area contributed by atoms with Gasteiger partial charge in [-0.2, -0.15) is 0 Å². The molecule has 0 bridgehead atoms. The molecule has 0 fully saturated rings. The number of ether oxygens (including phenoxy) is 2. The third-order valence-electron chi connectivity index (χ3n) is 8.12. The summed E-state index contributed by atoms with van der Waals surface area (Å²) in [5, 5.41) is 47.0. The van der Waals surface area contributed by atoms with Crippen molar-refractivity contribution in [3.63, 3.8) is 0 Å². The normalized spacial score (nSPS) is 25.1. The Kier molecular flexibility index (Phi) is 8.06. The van der Waals surface area contributed by atoms with Gasteiger partial charge in [-0.05, 0) is 70.8 Å². The molecule has 0 aliphatic heterocycles. The second-order valence-electron chi connectivity index (χ2n) is 12.1. The molecule has 14 nitrogen and oxygen atoms in total. The maximum absolute atomic E-state index is 13.8. The first-order valence-corrected chi connectivity index (χ1v) is 13.5. The SMILES string of the molecule is CN(C)[C@@H]1C(O)=C(C(N)=O)C(=O)[C@@]2(O)C(O)=C3C(=O)c4c(O)ccc(CNC(=O)OCOC(=O)C(C)(C)C)c4C[C@H]3C[C@@H]12. The third-order valence-corrected chi connectivity index (χ3v) is 8.12. The van der Waals surface area contributed by atoms with Gasteiger partial charge in [0.15, 0.2) is 11.4 Å². The standard InChI is InChI=1S/C29H35N3O11/c1-28(2,3)26(39)42-11-43-27(40)31-10-12-6-7-16(33)18-14(12)8-13-9-15-20(32(4)5)22(35)19(25(30)38)24(37)29(15,41)23(36)17(13)21(18)34/h6-7,13,15,20,33,35-36,41H,8-11H2,1-5H3,(H2,30,38)(H,31,40)/t13-,15-,20-,29-/m0/s1. The van der Waals surface area contributed by atoms with Crippen LogP contribution in [-0.4, -0.2) is 87.4 Å². The van der Waals surface area contributed by atoms with E-state index in [1.807, 2.05) is 0 Å². The summed E-state index contributed by atoms with van der Waals surface area (Å²) in [5.41, 5.74) is 1.25. The van der Waals surface area contributed by atoms with E-state index in [-0.39, 0.29) is 30.5 Å². The van der Waals surface area contributed by atoms with E-state index in [9.17, 15) is 44.4 Å². The molecular formula is C29H35N3O11. The summed E-state index contributed by atoms with van der Waals surface area (Å²) in [6.07, 6.45) is -0.929. The van der Waals surface area contributed by atoms with Crippen molar-refractivity contribution in [3.05, 3.63) is 51.5 Å². The van der Waals surface area contributed by atoms with Crippen LogP contribution in [0.3, 0.4) is 0 Å². The van der Waals surface area contributed by atoms with Gasteiger partial charge >= 0.3 is 12.1 Å². The molecule has 0 aromatic heterocycles. The highest BCUT2D eigenvalue weighted by Gasteiger charge is 2.63. The summed E-state index contributed by atoms with van der Waals surface area (Å²) < 4.78 is 9.80. The Bertz CT molecular complexity index is 1490. The van der Waals surface area contributed by atoms with Gasteiger partial charge < -0.3 is 41.0 Å². The lowest BCUT2D eigenvalue weighted by atomic mass is 9.58. The fraction of sp³-hybridized carbons (Fsp3) is 0.483. The molecule has 4 rings (SSSR count). The van der Waals surface area contributed by atoms with Gasteiger partial charge in [-0.3, -0.25) is 24.1 Å².